The number of hydrogen-bond donors (Lipinski definition) is 0. The predicted molar refractivity (Wildman–Crippen MR) is 39.5 cm³/mol. The SMILES string of the molecule is [C]1CCCc2cnccc21. The summed E-state index contributed by atoms with van der Waals surface area (Å²) in [4.78, 5) is 4.06. The Hall–Kier alpha value is -0.850. The zero-order chi connectivity index (χ0) is 6.81. The molecule has 0 amide bonds. The number of rotatable bonds is 0. The first-order chi connectivity index (χ1) is 4.97. The van der Waals surface area contributed by atoms with Crippen molar-refractivity contribution in [3.05, 3.63) is 36.0 Å². The van der Waals surface area contributed by atoms with Gasteiger partial charge in [0.1, 0.15) is 0 Å². The first kappa shape index (κ1) is 5.90. The van der Waals surface area contributed by atoms with Gasteiger partial charge in [-0.05, 0) is 36.5 Å². The van der Waals surface area contributed by atoms with Crippen molar-refractivity contribution in [2.75, 3.05) is 0 Å². The van der Waals surface area contributed by atoms with Crippen LogP contribution in [0.15, 0.2) is 18.5 Å². The molecule has 0 unspecified atom stereocenters. The molecule has 1 aliphatic rings. The summed E-state index contributed by atoms with van der Waals surface area (Å²) < 4.78 is 0. The molecule has 1 nitrogen and oxygen atoms in total. The van der Waals surface area contributed by atoms with Crippen molar-refractivity contribution >= 4 is 0 Å². The van der Waals surface area contributed by atoms with Crippen LogP contribution in [-0.2, 0) is 6.42 Å². The smallest absolute Gasteiger partial charge is 0.0302 e. The van der Waals surface area contributed by atoms with Gasteiger partial charge in [0.05, 0.1) is 0 Å². The van der Waals surface area contributed by atoms with Crippen molar-refractivity contribution in [3.63, 3.8) is 0 Å². The monoisotopic (exact) mass is 131 g/mol. The van der Waals surface area contributed by atoms with E-state index in [4.69, 9.17) is 0 Å². The highest BCUT2D eigenvalue weighted by Gasteiger charge is 2.07. The minimum absolute atomic E-state index is 1.11. The maximum Gasteiger partial charge on any atom is 0.0302 e. The summed E-state index contributed by atoms with van der Waals surface area (Å²) in [5.74, 6) is 0. The molecule has 0 bridgehead atoms. The molecular weight excluding hydrogens is 122 g/mol. The molecule has 2 rings (SSSR count). The van der Waals surface area contributed by atoms with Crippen molar-refractivity contribution in [3.8, 4) is 0 Å². The summed E-state index contributed by atoms with van der Waals surface area (Å²) in [6.07, 6.45) is 10.6. The van der Waals surface area contributed by atoms with Gasteiger partial charge in [0, 0.05) is 18.8 Å². The Morgan fingerprint density at radius 1 is 1.50 bits per heavy atom. The summed E-state index contributed by atoms with van der Waals surface area (Å²) in [5.41, 5.74) is 2.62. The van der Waals surface area contributed by atoms with Crippen molar-refractivity contribution in [1.82, 2.24) is 4.98 Å². The molecule has 0 atom stereocenters. The standard InChI is InChI=1S/C9H9N/c1-2-4-9-7-10-6-5-8(9)3-1/h5-7H,1-2,4H2. The Labute approximate surface area is 61.1 Å². The van der Waals surface area contributed by atoms with E-state index in [-0.39, 0.29) is 0 Å². The third kappa shape index (κ3) is 0.919. The van der Waals surface area contributed by atoms with Gasteiger partial charge in [-0.1, -0.05) is 0 Å². The van der Waals surface area contributed by atoms with Crippen molar-refractivity contribution in [2.45, 2.75) is 19.3 Å². The lowest BCUT2D eigenvalue weighted by Crippen LogP contribution is -2.00. The van der Waals surface area contributed by atoms with Gasteiger partial charge in [0.25, 0.3) is 0 Å². The molecule has 0 aliphatic heterocycles. The predicted octanol–water partition coefficient (Wildman–Crippen LogP) is 1.85. The molecule has 0 N–H and O–H groups in total. The molecule has 0 fully saturated rings. The number of nitrogens with zero attached hydrogens (tertiary/aromatic N) is 1. The highest BCUT2D eigenvalue weighted by Crippen LogP contribution is 2.20. The molecule has 1 aliphatic carbocycles. The van der Waals surface area contributed by atoms with Crippen LogP contribution in [0.2, 0.25) is 0 Å². The van der Waals surface area contributed by atoms with Gasteiger partial charge in [-0.2, -0.15) is 0 Å². The molecule has 50 valence electrons. The fourth-order valence-corrected chi connectivity index (χ4v) is 1.30. The van der Waals surface area contributed by atoms with Crippen LogP contribution in [0.25, 0.3) is 0 Å². The molecule has 10 heavy (non-hydrogen) atoms. The lowest BCUT2D eigenvalue weighted by Gasteiger charge is -2.12. The summed E-state index contributed by atoms with van der Waals surface area (Å²) in [6, 6.07) is 2.04. The maximum absolute atomic E-state index is 4.06. The molecule has 1 heterocycles. The summed E-state index contributed by atoms with van der Waals surface area (Å²) in [7, 11) is 0. The minimum Gasteiger partial charge on any atom is -0.264 e. The van der Waals surface area contributed by atoms with Gasteiger partial charge in [0.2, 0.25) is 0 Å². The molecule has 1 heteroatoms. The van der Waals surface area contributed by atoms with Crippen LogP contribution < -0.4 is 0 Å². The Morgan fingerprint density at radius 3 is 3.40 bits per heavy atom. The van der Waals surface area contributed by atoms with Gasteiger partial charge in [-0.15, -0.1) is 0 Å². The lowest BCUT2D eigenvalue weighted by molar-refractivity contribution is 0.770. The van der Waals surface area contributed by atoms with E-state index in [1.165, 1.54) is 24.0 Å². The van der Waals surface area contributed by atoms with Gasteiger partial charge in [0.15, 0.2) is 0 Å². The van der Waals surface area contributed by atoms with E-state index < -0.39 is 0 Å². The van der Waals surface area contributed by atoms with E-state index in [0.29, 0.717) is 0 Å². The Morgan fingerprint density at radius 2 is 2.50 bits per heavy atom. The van der Waals surface area contributed by atoms with Crippen LogP contribution >= 0.6 is 0 Å². The van der Waals surface area contributed by atoms with E-state index in [9.17, 15) is 0 Å². The molecule has 1 aromatic heterocycles. The zero-order valence-electron chi connectivity index (χ0n) is 5.80. The first-order valence-electron chi connectivity index (χ1n) is 3.63. The molecule has 0 spiro atoms. The number of hydrogen-bond acceptors (Lipinski definition) is 1. The van der Waals surface area contributed by atoms with Gasteiger partial charge >= 0.3 is 0 Å². The fraction of sp³-hybridized carbons (Fsp3) is 0.333. The first-order valence-corrected chi connectivity index (χ1v) is 3.63. The highest BCUT2D eigenvalue weighted by molar-refractivity contribution is 5.32. The normalized spacial score (nSPS) is 16.4. The molecule has 0 saturated heterocycles. The van der Waals surface area contributed by atoms with E-state index in [2.05, 4.69) is 11.4 Å². The van der Waals surface area contributed by atoms with Crippen molar-refractivity contribution in [1.29, 1.82) is 0 Å². The van der Waals surface area contributed by atoms with E-state index in [1.807, 2.05) is 18.5 Å². The zero-order valence-corrected chi connectivity index (χ0v) is 5.80. The molecular formula is C9H9N. The second-order valence-corrected chi connectivity index (χ2v) is 2.56. The third-order valence-corrected chi connectivity index (χ3v) is 1.84. The number of pyridine rings is 1. The molecule has 1 aromatic rings. The van der Waals surface area contributed by atoms with Crippen LogP contribution in [0, 0.1) is 6.42 Å². The highest BCUT2D eigenvalue weighted by atomic mass is 14.6. The van der Waals surface area contributed by atoms with Crippen LogP contribution in [0.1, 0.15) is 24.0 Å². The lowest BCUT2D eigenvalue weighted by atomic mass is 9.94. The molecule has 2 radical (unpaired) electrons. The second kappa shape index (κ2) is 2.41. The number of aryl methyl sites for hydroxylation is 1. The average Bonchev–Trinajstić information content (AvgIpc) is 2.05. The van der Waals surface area contributed by atoms with Gasteiger partial charge in [-0.25, -0.2) is 0 Å². The Kier molecular flexibility index (Phi) is 1.42. The average molecular weight is 131 g/mol. The maximum atomic E-state index is 4.06. The molecule has 0 aromatic carbocycles. The Balaban J connectivity index is 2.41. The van der Waals surface area contributed by atoms with Gasteiger partial charge in [-0.3, -0.25) is 4.98 Å². The molecule has 0 saturated carbocycles. The third-order valence-electron chi connectivity index (χ3n) is 1.84. The van der Waals surface area contributed by atoms with Crippen molar-refractivity contribution in [2.24, 2.45) is 0 Å². The number of fused-ring (bicyclic) bond motifs is 1. The largest absolute Gasteiger partial charge is 0.264 e. The van der Waals surface area contributed by atoms with Crippen LogP contribution in [0.3, 0.4) is 0 Å². The summed E-state index contributed by atoms with van der Waals surface area (Å²) >= 11 is 0. The fourth-order valence-electron chi connectivity index (χ4n) is 1.30. The van der Waals surface area contributed by atoms with Crippen LogP contribution in [-0.4, -0.2) is 4.98 Å². The van der Waals surface area contributed by atoms with Crippen LogP contribution in [0.5, 0.6) is 0 Å². The second-order valence-electron chi connectivity index (χ2n) is 2.56. The summed E-state index contributed by atoms with van der Waals surface area (Å²) in [6.45, 7) is 0. The quantitative estimate of drug-likeness (QED) is 0.523. The minimum atomic E-state index is 1.11. The topological polar surface area (TPSA) is 12.9 Å². The Bertz CT molecular complexity index is 205. The summed E-state index contributed by atoms with van der Waals surface area (Å²) in [5, 5.41) is 0. The van der Waals surface area contributed by atoms with E-state index in [0.717, 1.165) is 6.42 Å². The van der Waals surface area contributed by atoms with E-state index in [1.54, 1.807) is 0 Å². The number of aromatic nitrogens is 1. The van der Waals surface area contributed by atoms with E-state index >= 15 is 0 Å². The van der Waals surface area contributed by atoms with Crippen LogP contribution in [0.4, 0.5) is 0 Å². The van der Waals surface area contributed by atoms with Crippen molar-refractivity contribution < 1.29 is 0 Å². The van der Waals surface area contributed by atoms with Gasteiger partial charge < -0.3 is 0 Å².